The number of hydrogen-bond acceptors (Lipinski definition) is 5. The molecule has 1 aromatic carbocycles. The Kier molecular flexibility index (Phi) is 7.22. The predicted molar refractivity (Wildman–Crippen MR) is 109 cm³/mol. The van der Waals surface area contributed by atoms with Gasteiger partial charge in [-0.25, -0.2) is 9.78 Å². The molecule has 7 nitrogen and oxygen atoms in total. The third kappa shape index (κ3) is 5.94. The van der Waals surface area contributed by atoms with Gasteiger partial charge in [0, 0.05) is 45.4 Å². The zero-order valence-corrected chi connectivity index (χ0v) is 16.6. The van der Waals surface area contributed by atoms with Crippen LogP contribution in [-0.2, 0) is 4.74 Å². The Bertz CT molecular complexity index is 741. The van der Waals surface area contributed by atoms with Crippen LogP contribution in [0, 0.1) is 6.92 Å². The summed E-state index contributed by atoms with van der Waals surface area (Å²) in [6, 6.07) is 11.2. The molecule has 3 rings (SSSR count). The van der Waals surface area contributed by atoms with Gasteiger partial charge in [0.25, 0.3) is 0 Å². The molecule has 0 aliphatic carbocycles. The van der Waals surface area contributed by atoms with Crippen LogP contribution in [0.25, 0.3) is 0 Å². The number of rotatable bonds is 7. The van der Waals surface area contributed by atoms with Crippen molar-refractivity contribution in [3.63, 3.8) is 0 Å². The molecular weight excluding hydrogens is 356 g/mol. The van der Waals surface area contributed by atoms with E-state index in [0.29, 0.717) is 24.7 Å². The molecule has 2 aromatic rings. The zero-order valence-electron chi connectivity index (χ0n) is 16.6. The second-order valence-corrected chi connectivity index (χ2v) is 6.76. The van der Waals surface area contributed by atoms with Gasteiger partial charge in [-0.3, -0.25) is 4.90 Å². The normalized spacial score (nSPS) is 14.7. The molecule has 0 spiro atoms. The number of nitrogens with one attached hydrogen (secondary N) is 1. The smallest absolute Gasteiger partial charge is 0.321 e. The maximum Gasteiger partial charge on any atom is 0.321 e. The van der Waals surface area contributed by atoms with Gasteiger partial charge in [-0.1, -0.05) is 17.7 Å². The van der Waals surface area contributed by atoms with Crippen LogP contribution in [0.1, 0.15) is 12.5 Å². The molecule has 2 amide bonds. The van der Waals surface area contributed by atoms with Crippen molar-refractivity contribution in [3.8, 4) is 11.6 Å². The molecule has 150 valence electrons. The van der Waals surface area contributed by atoms with Crippen molar-refractivity contribution < 1.29 is 14.3 Å². The van der Waals surface area contributed by atoms with Crippen molar-refractivity contribution in [1.82, 2.24) is 14.8 Å². The van der Waals surface area contributed by atoms with Gasteiger partial charge in [-0.15, -0.1) is 0 Å². The van der Waals surface area contributed by atoms with Crippen LogP contribution in [-0.4, -0.2) is 66.8 Å². The lowest BCUT2D eigenvalue weighted by Crippen LogP contribution is -2.50. The molecule has 1 aromatic heterocycles. The molecule has 28 heavy (non-hydrogen) atoms. The average Bonchev–Trinajstić information content (AvgIpc) is 2.72. The van der Waals surface area contributed by atoms with E-state index >= 15 is 0 Å². The molecule has 0 unspecified atom stereocenters. The van der Waals surface area contributed by atoms with E-state index < -0.39 is 0 Å². The molecular formula is C21H28N4O3. The number of aromatic nitrogens is 1. The maximum atomic E-state index is 12.5. The van der Waals surface area contributed by atoms with Crippen molar-refractivity contribution in [2.45, 2.75) is 13.8 Å². The highest BCUT2D eigenvalue weighted by Crippen LogP contribution is 2.21. The Morgan fingerprint density at radius 3 is 2.50 bits per heavy atom. The van der Waals surface area contributed by atoms with Crippen molar-refractivity contribution in [2.75, 3.05) is 51.3 Å². The summed E-state index contributed by atoms with van der Waals surface area (Å²) in [5, 5.41) is 2.90. The summed E-state index contributed by atoms with van der Waals surface area (Å²) in [5.74, 6) is 1.22. The average molecular weight is 384 g/mol. The first kappa shape index (κ1) is 20.1. The third-order valence-electron chi connectivity index (χ3n) is 4.65. The second kappa shape index (κ2) is 10.1. The summed E-state index contributed by atoms with van der Waals surface area (Å²) in [6.45, 7) is 9.56. The molecule has 2 heterocycles. The lowest BCUT2D eigenvalue weighted by Gasteiger charge is -2.34. The van der Waals surface area contributed by atoms with Gasteiger partial charge in [0.2, 0.25) is 5.88 Å². The van der Waals surface area contributed by atoms with E-state index in [9.17, 15) is 4.79 Å². The number of anilines is 1. The second-order valence-electron chi connectivity index (χ2n) is 6.76. The van der Waals surface area contributed by atoms with Crippen molar-refractivity contribution in [3.05, 3.63) is 48.2 Å². The summed E-state index contributed by atoms with van der Waals surface area (Å²) in [7, 11) is 0. The third-order valence-corrected chi connectivity index (χ3v) is 4.65. The fraction of sp³-hybridized carbons (Fsp3) is 0.429. The van der Waals surface area contributed by atoms with E-state index in [4.69, 9.17) is 9.47 Å². The van der Waals surface area contributed by atoms with E-state index in [2.05, 4.69) is 15.2 Å². The van der Waals surface area contributed by atoms with E-state index in [1.165, 1.54) is 5.56 Å². The zero-order chi connectivity index (χ0) is 19.8. The fourth-order valence-electron chi connectivity index (χ4n) is 2.96. The van der Waals surface area contributed by atoms with Crippen LogP contribution < -0.4 is 10.1 Å². The molecule has 1 N–H and O–H groups in total. The lowest BCUT2D eigenvalue weighted by molar-refractivity contribution is 0.0901. The minimum atomic E-state index is -0.0986. The molecule has 0 radical (unpaired) electrons. The number of urea groups is 1. The predicted octanol–water partition coefficient (Wildman–Crippen LogP) is 3.37. The Labute approximate surface area is 166 Å². The number of carbonyl (C=O) groups is 1. The Balaban J connectivity index is 1.45. The molecule has 1 aliphatic heterocycles. The molecule has 1 aliphatic rings. The maximum absolute atomic E-state index is 12.5. The molecule has 0 bridgehead atoms. The number of amides is 2. The van der Waals surface area contributed by atoms with Crippen LogP contribution in [0.5, 0.6) is 11.6 Å². The Morgan fingerprint density at radius 2 is 1.86 bits per heavy atom. The van der Waals surface area contributed by atoms with Crippen molar-refractivity contribution in [1.29, 1.82) is 0 Å². The quantitative estimate of drug-likeness (QED) is 0.742. The number of nitrogens with zero attached hydrogens (tertiary/aromatic N) is 3. The molecule has 7 heteroatoms. The van der Waals surface area contributed by atoms with Crippen molar-refractivity contribution >= 4 is 11.7 Å². The van der Waals surface area contributed by atoms with Crippen LogP contribution in [0.3, 0.4) is 0 Å². The van der Waals surface area contributed by atoms with Gasteiger partial charge in [-0.05, 0) is 32.0 Å². The van der Waals surface area contributed by atoms with Crippen LogP contribution in [0.4, 0.5) is 10.5 Å². The SMILES string of the molecule is CCOCCN1CCN(C(=O)Nc2ccc(Oc3ccc(C)cc3)nc2)CC1. The number of pyridine rings is 1. The number of ether oxygens (including phenoxy) is 2. The number of hydrogen-bond donors (Lipinski definition) is 1. The first-order valence-electron chi connectivity index (χ1n) is 9.70. The summed E-state index contributed by atoms with van der Waals surface area (Å²) in [4.78, 5) is 20.9. The van der Waals surface area contributed by atoms with E-state index in [0.717, 1.165) is 38.6 Å². The molecule has 1 saturated heterocycles. The van der Waals surface area contributed by atoms with Gasteiger partial charge in [0.15, 0.2) is 0 Å². The van der Waals surface area contributed by atoms with E-state index in [1.54, 1.807) is 18.3 Å². The van der Waals surface area contributed by atoms with Gasteiger partial charge in [0.05, 0.1) is 18.5 Å². The fourth-order valence-corrected chi connectivity index (χ4v) is 2.96. The molecule has 1 fully saturated rings. The van der Waals surface area contributed by atoms with Gasteiger partial charge < -0.3 is 19.7 Å². The Hall–Kier alpha value is -2.64. The van der Waals surface area contributed by atoms with E-state index in [-0.39, 0.29) is 6.03 Å². The standard InChI is InChI=1S/C21H28N4O3/c1-3-27-15-14-24-10-12-25(13-11-24)21(26)23-18-6-9-20(22-16-18)28-19-7-4-17(2)5-8-19/h4-9,16H,3,10-15H2,1-2H3,(H,23,26). The summed E-state index contributed by atoms with van der Waals surface area (Å²) in [5.41, 5.74) is 1.83. The largest absolute Gasteiger partial charge is 0.439 e. The van der Waals surface area contributed by atoms with E-state index in [1.807, 2.05) is 43.0 Å². The van der Waals surface area contributed by atoms with Gasteiger partial charge in [0.1, 0.15) is 5.75 Å². The Morgan fingerprint density at radius 1 is 1.11 bits per heavy atom. The van der Waals surface area contributed by atoms with Gasteiger partial charge >= 0.3 is 6.03 Å². The molecule has 0 atom stereocenters. The number of benzene rings is 1. The lowest BCUT2D eigenvalue weighted by atomic mass is 10.2. The van der Waals surface area contributed by atoms with Crippen LogP contribution >= 0.6 is 0 Å². The number of carbonyl (C=O) groups excluding carboxylic acids is 1. The van der Waals surface area contributed by atoms with Crippen molar-refractivity contribution in [2.24, 2.45) is 0 Å². The number of piperazine rings is 1. The number of aryl methyl sites for hydroxylation is 1. The highest BCUT2D eigenvalue weighted by Gasteiger charge is 2.20. The first-order chi connectivity index (χ1) is 13.6. The summed E-state index contributed by atoms with van der Waals surface area (Å²) < 4.78 is 11.1. The highest BCUT2D eigenvalue weighted by molar-refractivity contribution is 5.89. The highest BCUT2D eigenvalue weighted by atomic mass is 16.5. The minimum Gasteiger partial charge on any atom is -0.439 e. The van der Waals surface area contributed by atoms with Crippen LogP contribution in [0.15, 0.2) is 42.6 Å². The monoisotopic (exact) mass is 384 g/mol. The minimum absolute atomic E-state index is 0.0986. The van der Waals surface area contributed by atoms with Crippen LogP contribution in [0.2, 0.25) is 0 Å². The summed E-state index contributed by atoms with van der Waals surface area (Å²) in [6.07, 6.45) is 1.61. The van der Waals surface area contributed by atoms with Gasteiger partial charge in [-0.2, -0.15) is 0 Å². The first-order valence-corrected chi connectivity index (χ1v) is 9.70. The summed E-state index contributed by atoms with van der Waals surface area (Å²) >= 11 is 0. The molecule has 0 saturated carbocycles. The topological polar surface area (TPSA) is 66.9 Å².